The van der Waals surface area contributed by atoms with Crippen molar-refractivity contribution in [2.24, 2.45) is 5.73 Å². The molecule has 1 fully saturated rings. The van der Waals surface area contributed by atoms with Gasteiger partial charge in [0.15, 0.2) is 9.84 Å². The number of aryl methyl sites for hydroxylation is 1. The molecule has 2 rings (SSSR count). The van der Waals surface area contributed by atoms with Crippen molar-refractivity contribution >= 4 is 15.8 Å². The van der Waals surface area contributed by atoms with E-state index in [4.69, 9.17) is 5.73 Å². The molecule has 0 radical (unpaired) electrons. The van der Waals surface area contributed by atoms with Crippen molar-refractivity contribution in [3.8, 4) is 0 Å². The molecule has 0 saturated heterocycles. The van der Waals surface area contributed by atoms with Gasteiger partial charge in [-0.1, -0.05) is 31.2 Å². The zero-order valence-electron chi connectivity index (χ0n) is 10.8. The molecule has 5 nitrogen and oxygen atoms in total. The van der Waals surface area contributed by atoms with Gasteiger partial charge in [0.1, 0.15) is 5.54 Å². The summed E-state index contributed by atoms with van der Waals surface area (Å²) in [6, 6.07) is 7.27. The van der Waals surface area contributed by atoms with Gasteiger partial charge in [-0.3, -0.25) is 4.79 Å². The lowest BCUT2D eigenvalue weighted by atomic mass is 10.0. The highest BCUT2D eigenvalue weighted by molar-refractivity contribution is 7.91. The molecule has 0 spiro atoms. The summed E-state index contributed by atoms with van der Waals surface area (Å²) >= 11 is 0. The average molecular weight is 283 g/mol. The normalized spacial score (nSPS) is 30.1. The van der Waals surface area contributed by atoms with E-state index >= 15 is 0 Å². The van der Waals surface area contributed by atoms with Crippen LogP contribution in [0, 0.1) is 0 Å². The third-order valence-electron chi connectivity index (χ3n) is 3.76. The number of aliphatic carboxylic acids is 1. The van der Waals surface area contributed by atoms with Gasteiger partial charge in [-0.2, -0.15) is 0 Å². The molecule has 3 N–H and O–H groups in total. The van der Waals surface area contributed by atoms with Gasteiger partial charge in [0, 0.05) is 12.2 Å². The maximum Gasteiger partial charge on any atom is 0.325 e. The number of sulfone groups is 1. The van der Waals surface area contributed by atoms with Gasteiger partial charge in [0.25, 0.3) is 0 Å². The molecule has 0 amide bonds. The summed E-state index contributed by atoms with van der Waals surface area (Å²) in [4.78, 5) is 11.3. The maximum atomic E-state index is 11.7. The van der Waals surface area contributed by atoms with Gasteiger partial charge in [-0.05, 0) is 17.5 Å². The van der Waals surface area contributed by atoms with Gasteiger partial charge >= 0.3 is 5.97 Å². The Morgan fingerprint density at radius 2 is 1.89 bits per heavy atom. The molecule has 0 aromatic heterocycles. The first-order valence-electron chi connectivity index (χ1n) is 6.03. The number of carboxylic acids is 1. The summed E-state index contributed by atoms with van der Waals surface area (Å²) < 4.78 is 23.4. The highest BCUT2D eigenvalue weighted by atomic mass is 32.2. The summed E-state index contributed by atoms with van der Waals surface area (Å²) in [6.45, 7) is 2.01. The molecule has 3 atom stereocenters. The van der Waals surface area contributed by atoms with Crippen molar-refractivity contribution in [3.05, 3.63) is 35.4 Å². The lowest BCUT2D eigenvalue weighted by molar-refractivity contribution is -0.139. The molecule has 0 unspecified atom stereocenters. The van der Waals surface area contributed by atoms with E-state index in [1.165, 1.54) is 0 Å². The first kappa shape index (κ1) is 14.0. The molecule has 0 heterocycles. The van der Waals surface area contributed by atoms with Crippen molar-refractivity contribution in [1.29, 1.82) is 0 Å². The molecule has 1 aromatic carbocycles. The van der Waals surface area contributed by atoms with Crippen LogP contribution in [-0.4, -0.2) is 36.5 Å². The van der Waals surface area contributed by atoms with Crippen molar-refractivity contribution in [1.82, 2.24) is 0 Å². The second-order valence-corrected chi connectivity index (χ2v) is 7.23. The lowest BCUT2D eigenvalue weighted by Gasteiger charge is -2.05. The van der Waals surface area contributed by atoms with Crippen LogP contribution in [0.5, 0.6) is 0 Å². The molecule has 1 saturated carbocycles. The van der Waals surface area contributed by atoms with Crippen molar-refractivity contribution < 1.29 is 18.3 Å². The molecule has 0 aliphatic heterocycles. The molecule has 1 aliphatic rings. The van der Waals surface area contributed by atoms with E-state index in [0.717, 1.165) is 18.2 Å². The summed E-state index contributed by atoms with van der Waals surface area (Å²) in [7, 11) is -3.50. The number of benzene rings is 1. The predicted octanol–water partition coefficient (Wildman–Crippen LogP) is 0.541. The number of nitrogens with two attached hydrogens (primary N) is 1. The Kier molecular flexibility index (Phi) is 3.18. The van der Waals surface area contributed by atoms with Crippen LogP contribution < -0.4 is 5.73 Å². The van der Waals surface area contributed by atoms with E-state index < -0.39 is 32.5 Å². The minimum absolute atomic E-state index is 0.664. The van der Waals surface area contributed by atoms with E-state index in [1.54, 1.807) is 12.1 Å². The largest absolute Gasteiger partial charge is 0.480 e. The highest BCUT2D eigenvalue weighted by Crippen LogP contribution is 2.54. The second-order valence-electron chi connectivity index (χ2n) is 5.06. The second kappa shape index (κ2) is 4.31. The summed E-state index contributed by atoms with van der Waals surface area (Å²) in [5.41, 5.74) is 5.85. The van der Waals surface area contributed by atoms with Crippen LogP contribution in [0.3, 0.4) is 0 Å². The molecule has 104 valence electrons. The third-order valence-corrected chi connectivity index (χ3v) is 5.34. The zero-order valence-corrected chi connectivity index (χ0v) is 11.6. The molecule has 1 aliphatic carbocycles. The summed E-state index contributed by atoms with van der Waals surface area (Å²) in [5, 5.41) is 8.14. The van der Waals surface area contributed by atoms with Crippen molar-refractivity contribution in [2.45, 2.75) is 30.1 Å². The fraction of sp³-hybridized carbons (Fsp3) is 0.462. The zero-order chi connectivity index (χ0) is 14.4. The van der Waals surface area contributed by atoms with Crippen LogP contribution in [0.1, 0.15) is 24.0 Å². The van der Waals surface area contributed by atoms with E-state index in [2.05, 4.69) is 0 Å². The fourth-order valence-corrected chi connectivity index (χ4v) is 4.40. The molecular formula is C13H17NO4S. The topological polar surface area (TPSA) is 97.5 Å². The van der Waals surface area contributed by atoms with Gasteiger partial charge < -0.3 is 10.8 Å². The van der Waals surface area contributed by atoms with E-state index in [-0.39, 0.29) is 0 Å². The molecule has 6 heteroatoms. The minimum atomic E-state index is -3.50. The van der Waals surface area contributed by atoms with Crippen LogP contribution in [0.15, 0.2) is 24.3 Å². The van der Waals surface area contributed by atoms with Crippen LogP contribution in [0.4, 0.5) is 0 Å². The van der Waals surface area contributed by atoms with Gasteiger partial charge in [0.05, 0.1) is 5.25 Å². The standard InChI is InChI=1S/C13H17NO4S/c1-3-8-4-6-9(7-5-8)10-11(19(2,17)18)13(10,14)12(15)16/h4-7,10-11H,3,14H2,1-2H3,(H,15,16)/t10-,11+,13+/m1/s1. The van der Waals surface area contributed by atoms with E-state index in [9.17, 15) is 18.3 Å². The number of hydrogen-bond donors (Lipinski definition) is 2. The van der Waals surface area contributed by atoms with Crippen molar-refractivity contribution in [2.75, 3.05) is 6.26 Å². The van der Waals surface area contributed by atoms with Gasteiger partial charge in [-0.15, -0.1) is 0 Å². The quantitative estimate of drug-likeness (QED) is 0.840. The fourth-order valence-electron chi connectivity index (χ4n) is 2.64. The van der Waals surface area contributed by atoms with Crippen LogP contribution in [-0.2, 0) is 21.1 Å². The van der Waals surface area contributed by atoms with E-state index in [1.807, 2.05) is 19.1 Å². The third kappa shape index (κ3) is 2.15. The Morgan fingerprint density at radius 1 is 1.37 bits per heavy atom. The van der Waals surface area contributed by atoms with Crippen LogP contribution >= 0.6 is 0 Å². The molecule has 19 heavy (non-hydrogen) atoms. The Hall–Kier alpha value is -1.40. The minimum Gasteiger partial charge on any atom is -0.480 e. The average Bonchev–Trinajstić information content (AvgIpc) is 2.98. The number of rotatable bonds is 4. The molecular weight excluding hydrogens is 266 g/mol. The molecule has 1 aromatic rings. The Labute approximate surface area is 112 Å². The van der Waals surface area contributed by atoms with Crippen LogP contribution in [0.2, 0.25) is 0 Å². The first-order valence-corrected chi connectivity index (χ1v) is 7.98. The maximum absolute atomic E-state index is 11.7. The lowest BCUT2D eigenvalue weighted by Crippen LogP contribution is -2.39. The van der Waals surface area contributed by atoms with Gasteiger partial charge in [-0.25, -0.2) is 8.42 Å². The summed E-state index contributed by atoms with van der Waals surface area (Å²) in [5.74, 6) is -1.95. The summed E-state index contributed by atoms with van der Waals surface area (Å²) in [6.07, 6.45) is 1.90. The number of carboxylic acid groups (broad SMARTS) is 1. The predicted molar refractivity (Wildman–Crippen MR) is 71.7 cm³/mol. The number of hydrogen-bond acceptors (Lipinski definition) is 4. The smallest absolute Gasteiger partial charge is 0.325 e. The Bertz CT molecular complexity index is 608. The first-order chi connectivity index (χ1) is 8.72. The highest BCUT2D eigenvalue weighted by Gasteiger charge is 2.73. The van der Waals surface area contributed by atoms with E-state index in [0.29, 0.717) is 5.56 Å². The van der Waals surface area contributed by atoms with Gasteiger partial charge in [0.2, 0.25) is 0 Å². The Morgan fingerprint density at radius 3 is 2.21 bits per heavy atom. The monoisotopic (exact) mass is 283 g/mol. The molecule has 0 bridgehead atoms. The number of carbonyl (C=O) groups is 1. The Balaban J connectivity index is 2.41. The van der Waals surface area contributed by atoms with Crippen molar-refractivity contribution in [3.63, 3.8) is 0 Å². The SMILES string of the molecule is CCc1ccc([C@@H]2[C@H](S(C)(=O)=O)[C@]2(N)C(=O)O)cc1. The van der Waals surface area contributed by atoms with Crippen LogP contribution in [0.25, 0.3) is 0 Å².